The molecule has 1 aliphatic heterocycles. The van der Waals surface area contributed by atoms with Gasteiger partial charge in [0.25, 0.3) is 5.91 Å². The van der Waals surface area contributed by atoms with Gasteiger partial charge in [-0.25, -0.2) is 0 Å². The van der Waals surface area contributed by atoms with E-state index in [4.69, 9.17) is 15.2 Å². The van der Waals surface area contributed by atoms with E-state index in [2.05, 4.69) is 5.32 Å². The summed E-state index contributed by atoms with van der Waals surface area (Å²) in [6.07, 6.45) is 0. The average Bonchev–Trinajstić information content (AvgIpc) is 2.54. The topological polar surface area (TPSA) is 73.6 Å². The van der Waals surface area contributed by atoms with E-state index in [9.17, 15) is 4.79 Å². The highest BCUT2D eigenvalue weighted by atomic mass is 16.6. The maximum Gasteiger partial charge on any atom is 0.255 e. The van der Waals surface area contributed by atoms with Crippen LogP contribution in [-0.4, -0.2) is 19.1 Å². The van der Waals surface area contributed by atoms with Crippen LogP contribution in [0.5, 0.6) is 11.5 Å². The molecule has 0 radical (unpaired) electrons. The second-order valence-corrected chi connectivity index (χ2v) is 4.67. The van der Waals surface area contributed by atoms with E-state index in [0.717, 1.165) is 5.56 Å². The van der Waals surface area contributed by atoms with Gasteiger partial charge in [0.05, 0.1) is 0 Å². The molecule has 0 spiro atoms. The number of carbonyl (C=O) groups is 1. The number of amides is 1. The van der Waals surface area contributed by atoms with Gasteiger partial charge in [0.2, 0.25) is 0 Å². The molecule has 1 amide bonds. The van der Waals surface area contributed by atoms with E-state index in [0.29, 0.717) is 42.5 Å². The second kappa shape index (κ2) is 5.85. The highest BCUT2D eigenvalue weighted by Gasteiger charge is 2.14. The molecule has 3 N–H and O–H groups in total. The van der Waals surface area contributed by atoms with E-state index in [1.807, 2.05) is 18.2 Å². The molecular weight excluding hydrogens is 268 g/mol. The lowest BCUT2D eigenvalue weighted by Crippen LogP contribution is -2.17. The fraction of sp³-hybridized carbons (Fsp3) is 0.188. The number of hydrogen-bond donors (Lipinski definition) is 2. The maximum atomic E-state index is 12.3. The quantitative estimate of drug-likeness (QED) is 0.906. The summed E-state index contributed by atoms with van der Waals surface area (Å²) in [6, 6.07) is 12.6. The van der Waals surface area contributed by atoms with Crippen molar-refractivity contribution in [3.63, 3.8) is 0 Å². The molecular formula is C16H16N2O3. The maximum absolute atomic E-state index is 12.3. The first kappa shape index (κ1) is 13.5. The highest BCUT2D eigenvalue weighted by molar-refractivity contribution is 6.05. The van der Waals surface area contributed by atoms with Gasteiger partial charge in [0.15, 0.2) is 11.5 Å². The summed E-state index contributed by atoms with van der Waals surface area (Å²) in [7, 11) is 0. The summed E-state index contributed by atoms with van der Waals surface area (Å²) in [5.41, 5.74) is 7.71. The molecule has 0 aliphatic carbocycles. The molecule has 1 aliphatic rings. The molecule has 21 heavy (non-hydrogen) atoms. The summed E-state index contributed by atoms with van der Waals surface area (Å²) in [5, 5.41) is 2.85. The minimum absolute atomic E-state index is 0.187. The zero-order valence-electron chi connectivity index (χ0n) is 11.5. The first-order chi connectivity index (χ1) is 10.3. The van der Waals surface area contributed by atoms with Crippen molar-refractivity contribution in [3.8, 4) is 11.5 Å². The van der Waals surface area contributed by atoms with Crippen LogP contribution in [0.25, 0.3) is 0 Å². The van der Waals surface area contributed by atoms with Gasteiger partial charge in [-0.1, -0.05) is 18.2 Å². The van der Waals surface area contributed by atoms with Crippen LogP contribution in [-0.2, 0) is 6.54 Å². The van der Waals surface area contributed by atoms with Crippen molar-refractivity contribution < 1.29 is 14.3 Å². The van der Waals surface area contributed by atoms with Crippen LogP contribution in [0.15, 0.2) is 42.5 Å². The lowest BCUT2D eigenvalue weighted by molar-refractivity contribution is 0.102. The van der Waals surface area contributed by atoms with Crippen LogP contribution in [0.1, 0.15) is 15.9 Å². The standard InChI is InChI=1S/C16H16N2O3/c17-10-11-3-1-2-4-13(11)16(19)18-12-5-6-14-15(9-12)21-8-7-20-14/h1-6,9H,7-8,10,17H2,(H,18,19). The lowest BCUT2D eigenvalue weighted by Gasteiger charge is -2.19. The molecule has 0 aromatic heterocycles. The third-order valence-corrected chi connectivity index (χ3v) is 3.28. The smallest absolute Gasteiger partial charge is 0.255 e. The summed E-state index contributed by atoms with van der Waals surface area (Å²) < 4.78 is 11.0. The minimum Gasteiger partial charge on any atom is -0.486 e. The Morgan fingerprint density at radius 3 is 2.67 bits per heavy atom. The predicted octanol–water partition coefficient (Wildman–Crippen LogP) is 2.17. The van der Waals surface area contributed by atoms with E-state index in [1.165, 1.54) is 0 Å². The average molecular weight is 284 g/mol. The molecule has 5 heteroatoms. The number of benzene rings is 2. The summed E-state index contributed by atoms with van der Waals surface area (Å²) in [5.74, 6) is 1.15. The van der Waals surface area contributed by atoms with Crippen LogP contribution < -0.4 is 20.5 Å². The van der Waals surface area contributed by atoms with Crippen molar-refractivity contribution >= 4 is 11.6 Å². The number of carbonyl (C=O) groups excluding carboxylic acids is 1. The van der Waals surface area contributed by atoms with Gasteiger partial charge < -0.3 is 20.5 Å². The molecule has 0 saturated heterocycles. The van der Waals surface area contributed by atoms with Crippen LogP contribution in [0.3, 0.4) is 0 Å². The Morgan fingerprint density at radius 1 is 1.10 bits per heavy atom. The van der Waals surface area contributed by atoms with E-state index >= 15 is 0 Å². The number of anilines is 1. The summed E-state index contributed by atoms with van der Waals surface area (Å²) >= 11 is 0. The Morgan fingerprint density at radius 2 is 1.86 bits per heavy atom. The third-order valence-electron chi connectivity index (χ3n) is 3.28. The predicted molar refractivity (Wildman–Crippen MR) is 79.7 cm³/mol. The van der Waals surface area contributed by atoms with Crippen LogP contribution in [0.2, 0.25) is 0 Å². The number of rotatable bonds is 3. The Kier molecular flexibility index (Phi) is 3.75. The van der Waals surface area contributed by atoms with Crippen molar-refractivity contribution in [1.29, 1.82) is 0 Å². The lowest BCUT2D eigenvalue weighted by atomic mass is 10.1. The Labute approximate surface area is 122 Å². The van der Waals surface area contributed by atoms with Crippen molar-refractivity contribution in [1.82, 2.24) is 0 Å². The van der Waals surface area contributed by atoms with Gasteiger partial charge in [-0.3, -0.25) is 4.79 Å². The van der Waals surface area contributed by atoms with Crippen LogP contribution in [0.4, 0.5) is 5.69 Å². The van der Waals surface area contributed by atoms with Gasteiger partial charge in [-0.15, -0.1) is 0 Å². The number of ether oxygens (including phenoxy) is 2. The first-order valence-corrected chi connectivity index (χ1v) is 6.77. The molecule has 2 aromatic rings. The molecule has 108 valence electrons. The number of nitrogens with one attached hydrogen (secondary N) is 1. The Bertz CT molecular complexity index is 670. The fourth-order valence-electron chi connectivity index (χ4n) is 2.24. The Balaban J connectivity index is 1.81. The van der Waals surface area contributed by atoms with E-state index in [1.54, 1.807) is 24.3 Å². The van der Waals surface area contributed by atoms with Gasteiger partial charge >= 0.3 is 0 Å². The summed E-state index contributed by atoms with van der Waals surface area (Å²) in [6.45, 7) is 1.38. The normalized spacial score (nSPS) is 12.8. The van der Waals surface area contributed by atoms with Crippen molar-refractivity contribution in [3.05, 3.63) is 53.6 Å². The molecule has 0 bridgehead atoms. The van der Waals surface area contributed by atoms with Gasteiger partial charge in [0, 0.05) is 23.9 Å². The van der Waals surface area contributed by atoms with Gasteiger partial charge in [-0.2, -0.15) is 0 Å². The van der Waals surface area contributed by atoms with Crippen molar-refractivity contribution in [2.45, 2.75) is 6.54 Å². The van der Waals surface area contributed by atoms with Crippen LogP contribution >= 0.6 is 0 Å². The SMILES string of the molecule is NCc1ccccc1C(=O)Nc1ccc2c(c1)OCCO2. The molecule has 0 fully saturated rings. The molecule has 2 aromatic carbocycles. The van der Waals surface area contributed by atoms with Crippen molar-refractivity contribution in [2.75, 3.05) is 18.5 Å². The highest BCUT2D eigenvalue weighted by Crippen LogP contribution is 2.32. The third kappa shape index (κ3) is 2.83. The second-order valence-electron chi connectivity index (χ2n) is 4.67. The molecule has 0 atom stereocenters. The molecule has 0 unspecified atom stereocenters. The number of hydrogen-bond acceptors (Lipinski definition) is 4. The van der Waals surface area contributed by atoms with Crippen molar-refractivity contribution in [2.24, 2.45) is 5.73 Å². The first-order valence-electron chi connectivity index (χ1n) is 6.77. The molecule has 1 heterocycles. The molecule has 3 rings (SSSR count). The molecule has 0 saturated carbocycles. The van der Waals surface area contributed by atoms with Gasteiger partial charge in [0.1, 0.15) is 13.2 Å². The zero-order chi connectivity index (χ0) is 14.7. The fourth-order valence-corrected chi connectivity index (χ4v) is 2.24. The zero-order valence-corrected chi connectivity index (χ0v) is 11.5. The number of nitrogens with two attached hydrogens (primary N) is 1. The van der Waals surface area contributed by atoms with Gasteiger partial charge in [-0.05, 0) is 23.8 Å². The Hall–Kier alpha value is -2.53. The van der Waals surface area contributed by atoms with E-state index in [-0.39, 0.29) is 5.91 Å². The van der Waals surface area contributed by atoms with Crippen LogP contribution in [0, 0.1) is 0 Å². The monoisotopic (exact) mass is 284 g/mol. The minimum atomic E-state index is -0.187. The summed E-state index contributed by atoms with van der Waals surface area (Å²) in [4.78, 5) is 12.3. The number of fused-ring (bicyclic) bond motifs is 1. The molecule has 5 nitrogen and oxygen atoms in total. The van der Waals surface area contributed by atoms with E-state index < -0.39 is 0 Å². The largest absolute Gasteiger partial charge is 0.486 e.